The summed E-state index contributed by atoms with van der Waals surface area (Å²) in [6.45, 7) is 1.80. The Labute approximate surface area is 123 Å². The van der Waals surface area contributed by atoms with E-state index in [4.69, 9.17) is 0 Å². The monoisotopic (exact) mass is 294 g/mol. The Morgan fingerprint density at radius 3 is 2.76 bits per heavy atom. The van der Waals surface area contributed by atoms with Crippen LogP contribution in [0.25, 0.3) is 0 Å². The number of hydrogen-bond donors (Lipinski definition) is 3. The molecule has 0 fully saturated rings. The zero-order chi connectivity index (χ0) is 14.8. The van der Waals surface area contributed by atoms with Gasteiger partial charge in [-0.1, -0.05) is 0 Å². The lowest BCUT2D eigenvalue weighted by atomic mass is 9.94. The molecule has 2 unspecified atom stereocenters. The molecule has 0 spiro atoms. The van der Waals surface area contributed by atoms with Crippen molar-refractivity contribution in [2.75, 3.05) is 13.1 Å². The third-order valence-corrected chi connectivity index (χ3v) is 4.31. The molecule has 0 radical (unpaired) electrons. The van der Waals surface area contributed by atoms with Gasteiger partial charge in [-0.3, -0.25) is 0 Å². The number of aliphatic hydroxyl groups is 1. The third kappa shape index (κ3) is 3.41. The van der Waals surface area contributed by atoms with E-state index in [1.54, 1.807) is 0 Å². The van der Waals surface area contributed by atoms with E-state index in [2.05, 4.69) is 10.6 Å². The molecule has 1 aromatic rings. The van der Waals surface area contributed by atoms with Crippen LogP contribution in [0, 0.1) is 11.6 Å². The van der Waals surface area contributed by atoms with Gasteiger partial charge in [0.15, 0.2) is 0 Å². The van der Waals surface area contributed by atoms with Gasteiger partial charge in [-0.2, -0.15) is 0 Å². The second-order valence-electron chi connectivity index (χ2n) is 5.83. The van der Waals surface area contributed by atoms with Gasteiger partial charge in [0.1, 0.15) is 11.6 Å². The summed E-state index contributed by atoms with van der Waals surface area (Å²) in [6, 6.07) is 3.52. The smallest absolute Gasteiger partial charge is 0.126 e. The first kappa shape index (κ1) is 14.5. The molecule has 5 heteroatoms. The van der Waals surface area contributed by atoms with Crippen LogP contribution in [-0.2, 0) is 6.42 Å². The van der Waals surface area contributed by atoms with Crippen LogP contribution in [0.4, 0.5) is 8.78 Å². The van der Waals surface area contributed by atoms with Gasteiger partial charge < -0.3 is 15.7 Å². The van der Waals surface area contributed by atoms with E-state index in [0.29, 0.717) is 18.4 Å². The van der Waals surface area contributed by atoms with E-state index < -0.39 is 17.7 Å². The number of nitrogens with one attached hydrogen (secondary N) is 2. The second kappa shape index (κ2) is 6.12. The number of rotatable bonds is 4. The molecule has 3 nitrogen and oxygen atoms in total. The van der Waals surface area contributed by atoms with Gasteiger partial charge >= 0.3 is 0 Å². The Kier molecular flexibility index (Phi) is 4.22. The summed E-state index contributed by atoms with van der Waals surface area (Å²) in [5, 5.41) is 17.0. The zero-order valence-electron chi connectivity index (χ0n) is 11.8. The lowest BCUT2D eigenvalue weighted by molar-refractivity contribution is 0.116. The molecule has 0 bridgehead atoms. The largest absolute Gasteiger partial charge is 0.391 e. The molecule has 0 amide bonds. The molecule has 2 aliphatic heterocycles. The van der Waals surface area contributed by atoms with Crippen molar-refractivity contribution in [1.29, 1.82) is 0 Å². The van der Waals surface area contributed by atoms with Crippen molar-refractivity contribution < 1.29 is 13.9 Å². The van der Waals surface area contributed by atoms with Gasteiger partial charge in [0.05, 0.1) is 6.10 Å². The van der Waals surface area contributed by atoms with Crippen LogP contribution in [0.5, 0.6) is 0 Å². The van der Waals surface area contributed by atoms with Crippen LogP contribution in [0.2, 0.25) is 0 Å². The van der Waals surface area contributed by atoms with Crippen LogP contribution < -0.4 is 10.6 Å². The van der Waals surface area contributed by atoms with Gasteiger partial charge in [-0.15, -0.1) is 0 Å². The Morgan fingerprint density at radius 2 is 2.00 bits per heavy atom. The Bertz CT molecular complexity index is 539. The quantitative estimate of drug-likeness (QED) is 0.794. The van der Waals surface area contributed by atoms with Gasteiger partial charge in [-0.05, 0) is 42.5 Å². The Balaban J connectivity index is 1.56. The van der Waals surface area contributed by atoms with Crippen LogP contribution in [0.15, 0.2) is 29.5 Å². The first-order valence-corrected chi connectivity index (χ1v) is 7.43. The average molecular weight is 294 g/mol. The van der Waals surface area contributed by atoms with Crippen molar-refractivity contribution in [2.24, 2.45) is 0 Å². The maximum atomic E-state index is 13.1. The second-order valence-corrected chi connectivity index (χ2v) is 5.83. The highest BCUT2D eigenvalue weighted by molar-refractivity contribution is 5.24. The van der Waals surface area contributed by atoms with Gasteiger partial charge in [0, 0.05) is 37.3 Å². The van der Waals surface area contributed by atoms with Gasteiger partial charge in [-0.25, -0.2) is 8.78 Å². The highest BCUT2D eigenvalue weighted by Gasteiger charge is 2.27. The van der Waals surface area contributed by atoms with E-state index in [1.165, 1.54) is 23.4 Å². The molecule has 3 N–H and O–H groups in total. The predicted octanol–water partition coefficient (Wildman–Crippen LogP) is 1.87. The summed E-state index contributed by atoms with van der Waals surface area (Å²) in [4.78, 5) is 0. The summed E-state index contributed by atoms with van der Waals surface area (Å²) in [7, 11) is 0. The number of halogens is 2. The average Bonchev–Trinajstić information content (AvgIpc) is 2.91. The van der Waals surface area contributed by atoms with Gasteiger partial charge in [0.2, 0.25) is 0 Å². The maximum absolute atomic E-state index is 13.1. The molecular formula is C16H20F2N2O. The molecule has 21 heavy (non-hydrogen) atoms. The zero-order valence-corrected chi connectivity index (χ0v) is 11.8. The molecule has 0 saturated carbocycles. The third-order valence-electron chi connectivity index (χ3n) is 4.31. The predicted molar refractivity (Wildman–Crippen MR) is 76.7 cm³/mol. The maximum Gasteiger partial charge on any atom is 0.126 e. The summed E-state index contributed by atoms with van der Waals surface area (Å²) >= 11 is 0. The molecular weight excluding hydrogens is 274 g/mol. The Hall–Kier alpha value is -1.46. The molecule has 0 aliphatic carbocycles. The molecule has 2 heterocycles. The minimum absolute atomic E-state index is 0.00718. The SMILES string of the molecule is OC(CCc1cc(F)cc(F)c1)C1CC2=C(CCN2)CN1. The molecule has 2 atom stereocenters. The molecule has 0 saturated heterocycles. The molecule has 2 aliphatic rings. The van der Waals surface area contributed by atoms with Crippen molar-refractivity contribution >= 4 is 0 Å². The summed E-state index contributed by atoms with van der Waals surface area (Å²) in [5.41, 5.74) is 3.25. The normalized spacial score (nSPS) is 22.9. The van der Waals surface area contributed by atoms with E-state index >= 15 is 0 Å². The highest BCUT2D eigenvalue weighted by Crippen LogP contribution is 2.24. The number of aryl methyl sites for hydroxylation is 1. The van der Waals surface area contributed by atoms with E-state index in [9.17, 15) is 13.9 Å². The van der Waals surface area contributed by atoms with Crippen LogP contribution >= 0.6 is 0 Å². The topological polar surface area (TPSA) is 44.3 Å². The van der Waals surface area contributed by atoms with Crippen LogP contribution in [0.3, 0.4) is 0 Å². The fourth-order valence-electron chi connectivity index (χ4n) is 3.14. The van der Waals surface area contributed by atoms with Crippen molar-refractivity contribution in [3.63, 3.8) is 0 Å². The molecule has 0 aromatic heterocycles. The van der Waals surface area contributed by atoms with Crippen molar-refractivity contribution in [2.45, 2.75) is 37.8 Å². The fourth-order valence-corrected chi connectivity index (χ4v) is 3.14. The van der Waals surface area contributed by atoms with Crippen molar-refractivity contribution in [3.05, 3.63) is 46.7 Å². The first-order valence-electron chi connectivity index (χ1n) is 7.43. The summed E-state index contributed by atoms with van der Waals surface area (Å²) < 4.78 is 26.2. The minimum Gasteiger partial charge on any atom is -0.391 e. The summed E-state index contributed by atoms with van der Waals surface area (Å²) in [6.07, 6.45) is 2.31. The van der Waals surface area contributed by atoms with Crippen LogP contribution in [0.1, 0.15) is 24.8 Å². The number of hydrogen-bond acceptors (Lipinski definition) is 3. The first-order chi connectivity index (χ1) is 10.1. The van der Waals surface area contributed by atoms with Crippen LogP contribution in [-0.4, -0.2) is 30.3 Å². The van der Waals surface area contributed by atoms with E-state index in [0.717, 1.165) is 32.0 Å². The highest BCUT2D eigenvalue weighted by atomic mass is 19.1. The summed E-state index contributed by atoms with van der Waals surface area (Å²) in [5.74, 6) is -1.14. The minimum atomic E-state index is -0.569. The lowest BCUT2D eigenvalue weighted by Gasteiger charge is -2.29. The van der Waals surface area contributed by atoms with Gasteiger partial charge in [0.25, 0.3) is 0 Å². The molecule has 1 aromatic carbocycles. The number of aliphatic hydroxyl groups excluding tert-OH is 1. The number of benzene rings is 1. The lowest BCUT2D eigenvalue weighted by Crippen LogP contribution is -2.44. The molecule has 114 valence electrons. The fraction of sp³-hybridized carbons (Fsp3) is 0.500. The Morgan fingerprint density at radius 1 is 1.24 bits per heavy atom. The van der Waals surface area contributed by atoms with E-state index in [-0.39, 0.29) is 6.04 Å². The van der Waals surface area contributed by atoms with E-state index in [1.807, 2.05) is 0 Å². The molecule has 3 rings (SSSR count). The standard InChI is InChI=1S/C16H20F2N2O/c17-12-5-10(6-13(18)7-12)1-2-16(21)15-8-14-11(9-20-15)3-4-19-14/h5-7,15-16,19-21H,1-4,8-9H2. The van der Waals surface area contributed by atoms with Crippen molar-refractivity contribution in [3.8, 4) is 0 Å². The van der Waals surface area contributed by atoms with Crippen molar-refractivity contribution in [1.82, 2.24) is 10.6 Å².